The van der Waals surface area contributed by atoms with E-state index in [2.05, 4.69) is 10.4 Å². The lowest BCUT2D eigenvalue weighted by Gasteiger charge is -2.18. The van der Waals surface area contributed by atoms with Crippen LogP contribution in [0.5, 0.6) is 0 Å². The van der Waals surface area contributed by atoms with Crippen molar-refractivity contribution in [1.82, 2.24) is 15.1 Å². The van der Waals surface area contributed by atoms with E-state index in [1.54, 1.807) is 13.8 Å². The fourth-order valence-corrected chi connectivity index (χ4v) is 1.72. The Bertz CT molecular complexity index is 606. The predicted octanol–water partition coefficient (Wildman–Crippen LogP) is -1.04. The molecule has 1 amide bonds. The fraction of sp³-hybridized carbons (Fsp3) is 0.500. The normalized spacial score (nSPS) is 13.7. The molecule has 20 heavy (non-hydrogen) atoms. The van der Waals surface area contributed by atoms with Crippen LogP contribution in [0.4, 0.5) is 0 Å². The summed E-state index contributed by atoms with van der Waals surface area (Å²) < 4.78 is 1.01. The van der Waals surface area contributed by atoms with Crippen LogP contribution in [0.25, 0.3) is 0 Å². The number of hydrogen-bond donors (Lipinski definition) is 3. The van der Waals surface area contributed by atoms with Gasteiger partial charge >= 0.3 is 5.97 Å². The van der Waals surface area contributed by atoms with Gasteiger partial charge in [0.15, 0.2) is 6.04 Å². The second-order valence-corrected chi connectivity index (χ2v) is 4.54. The highest BCUT2D eigenvalue weighted by Gasteiger charge is 2.27. The summed E-state index contributed by atoms with van der Waals surface area (Å²) in [4.78, 5) is 35.0. The van der Waals surface area contributed by atoms with Crippen LogP contribution in [-0.2, 0) is 11.8 Å². The van der Waals surface area contributed by atoms with Crippen molar-refractivity contribution in [2.45, 2.75) is 32.9 Å². The van der Waals surface area contributed by atoms with E-state index in [4.69, 9.17) is 5.11 Å². The summed E-state index contributed by atoms with van der Waals surface area (Å²) in [5, 5.41) is 24.3. The van der Waals surface area contributed by atoms with Gasteiger partial charge in [0.05, 0.1) is 11.8 Å². The first-order chi connectivity index (χ1) is 9.16. The van der Waals surface area contributed by atoms with Gasteiger partial charge in [-0.2, -0.15) is 5.10 Å². The van der Waals surface area contributed by atoms with Crippen molar-refractivity contribution in [3.05, 3.63) is 27.2 Å². The van der Waals surface area contributed by atoms with Crippen LogP contribution < -0.4 is 10.9 Å². The number of carbonyl (C=O) groups excluding carboxylic acids is 1. The molecule has 0 spiro atoms. The summed E-state index contributed by atoms with van der Waals surface area (Å²) in [6, 6.07) is -1.49. The first-order valence-electron chi connectivity index (χ1n) is 5.93. The Morgan fingerprint density at radius 2 is 1.90 bits per heavy atom. The van der Waals surface area contributed by atoms with Gasteiger partial charge in [-0.1, -0.05) is 0 Å². The number of nitrogens with one attached hydrogen (secondary N) is 1. The molecule has 0 aliphatic heterocycles. The Morgan fingerprint density at radius 1 is 1.35 bits per heavy atom. The average Bonchev–Trinajstić information content (AvgIpc) is 2.33. The summed E-state index contributed by atoms with van der Waals surface area (Å²) in [6.07, 6.45) is -1.29. The SMILES string of the molecule is Cc1nn(C)c(=O)c(C(=O)N[C@H](C(=O)O)[C@@H](C)O)c1C. The van der Waals surface area contributed by atoms with E-state index in [1.165, 1.54) is 14.0 Å². The molecule has 0 saturated carbocycles. The lowest BCUT2D eigenvalue weighted by atomic mass is 10.1. The number of rotatable bonds is 4. The summed E-state index contributed by atoms with van der Waals surface area (Å²) >= 11 is 0. The van der Waals surface area contributed by atoms with Gasteiger partial charge in [-0.25, -0.2) is 9.48 Å². The molecule has 0 radical (unpaired) electrons. The molecule has 1 rings (SSSR count). The molecule has 2 atom stereocenters. The van der Waals surface area contributed by atoms with Gasteiger partial charge in [0.1, 0.15) is 5.56 Å². The highest BCUT2D eigenvalue weighted by atomic mass is 16.4. The number of hydrogen-bond acceptors (Lipinski definition) is 5. The van der Waals surface area contributed by atoms with Crippen LogP contribution in [0.15, 0.2) is 4.79 Å². The molecule has 0 fully saturated rings. The van der Waals surface area contributed by atoms with Crippen molar-refractivity contribution in [2.24, 2.45) is 7.05 Å². The number of nitrogens with zero attached hydrogens (tertiary/aromatic N) is 2. The molecule has 0 unspecified atom stereocenters. The predicted molar refractivity (Wildman–Crippen MR) is 69.5 cm³/mol. The molecule has 0 aliphatic carbocycles. The van der Waals surface area contributed by atoms with Crippen molar-refractivity contribution in [2.75, 3.05) is 0 Å². The molecule has 1 heterocycles. The van der Waals surface area contributed by atoms with E-state index in [0.717, 1.165) is 4.68 Å². The molecule has 1 aromatic heterocycles. The third-order valence-electron chi connectivity index (χ3n) is 2.99. The highest BCUT2D eigenvalue weighted by Crippen LogP contribution is 2.06. The van der Waals surface area contributed by atoms with Gasteiger partial charge in [0.2, 0.25) is 0 Å². The van der Waals surface area contributed by atoms with Gasteiger partial charge in [-0.05, 0) is 26.3 Å². The van der Waals surface area contributed by atoms with Crippen LogP contribution in [0.3, 0.4) is 0 Å². The van der Waals surface area contributed by atoms with Crippen molar-refractivity contribution in [1.29, 1.82) is 0 Å². The minimum absolute atomic E-state index is 0.174. The number of carboxylic acid groups (broad SMARTS) is 1. The third-order valence-corrected chi connectivity index (χ3v) is 2.99. The molecular formula is C12H17N3O5. The quantitative estimate of drug-likeness (QED) is 0.649. The van der Waals surface area contributed by atoms with E-state index in [9.17, 15) is 19.5 Å². The van der Waals surface area contributed by atoms with E-state index < -0.39 is 29.6 Å². The van der Waals surface area contributed by atoms with Gasteiger partial charge in [0.25, 0.3) is 11.5 Å². The van der Waals surface area contributed by atoms with Crippen molar-refractivity contribution in [3.8, 4) is 0 Å². The Balaban J connectivity index is 3.23. The van der Waals surface area contributed by atoms with Crippen molar-refractivity contribution in [3.63, 3.8) is 0 Å². The monoisotopic (exact) mass is 283 g/mol. The zero-order valence-electron chi connectivity index (χ0n) is 11.7. The van der Waals surface area contributed by atoms with Gasteiger partial charge in [-0.3, -0.25) is 9.59 Å². The number of aromatic nitrogens is 2. The van der Waals surface area contributed by atoms with Crippen LogP contribution in [0, 0.1) is 13.8 Å². The zero-order chi connectivity index (χ0) is 15.6. The molecule has 0 bridgehead atoms. The van der Waals surface area contributed by atoms with Crippen LogP contribution in [0.2, 0.25) is 0 Å². The Labute approximate surface area is 115 Å². The molecule has 0 aromatic carbocycles. The number of carbonyl (C=O) groups is 2. The molecular weight excluding hydrogens is 266 g/mol. The van der Waals surface area contributed by atoms with Crippen LogP contribution in [0.1, 0.15) is 28.5 Å². The first-order valence-corrected chi connectivity index (χ1v) is 5.93. The Morgan fingerprint density at radius 3 is 2.35 bits per heavy atom. The number of aliphatic hydroxyl groups is 1. The summed E-state index contributed by atoms with van der Waals surface area (Å²) in [5.74, 6) is -2.23. The largest absolute Gasteiger partial charge is 0.480 e. The number of aliphatic carboxylic acids is 1. The molecule has 110 valence electrons. The lowest BCUT2D eigenvalue weighted by Crippen LogP contribution is -2.49. The zero-order valence-corrected chi connectivity index (χ0v) is 11.7. The number of carboxylic acids is 1. The highest BCUT2D eigenvalue weighted by molar-refractivity contribution is 5.97. The lowest BCUT2D eigenvalue weighted by molar-refractivity contribution is -0.141. The smallest absolute Gasteiger partial charge is 0.328 e. The Kier molecular flexibility index (Phi) is 4.61. The minimum Gasteiger partial charge on any atom is -0.480 e. The molecule has 8 heteroatoms. The second-order valence-electron chi connectivity index (χ2n) is 4.54. The van der Waals surface area contributed by atoms with E-state index in [-0.39, 0.29) is 5.56 Å². The van der Waals surface area contributed by atoms with Crippen LogP contribution >= 0.6 is 0 Å². The third kappa shape index (κ3) is 3.02. The van der Waals surface area contributed by atoms with Gasteiger partial charge in [0, 0.05) is 7.05 Å². The average molecular weight is 283 g/mol. The number of aryl methyl sites for hydroxylation is 2. The molecule has 0 aliphatic rings. The van der Waals surface area contributed by atoms with Crippen molar-refractivity contribution >= 4 is 11.9 Å². The summed E-state index contributed by atoms with van der Waals surface area (Å²) in [5.41, 5.74) is 0.0636. The topological polar surface area (TPSA) is 122 Å². The van der Waals surface area contributed by atoms with Crippen molar-refractivity contribution < 1.29 is 19.8 Å². The standard InChI is InChI=1S/C12H17N3O5/c1-5-6(2)14-15(4)11(18)8(5)10(17)13-9(7(3)16)12(19)20/h7,9,16H,1-4H3,(H,13,17)(H,19,20)/t7-,9+/m1/s1. The molecule has 8 nitrogen and oxygen atoms in total. The maximum absolute atomic E-state index is 12.1. The maximum Gasteiger partial charge on any atom is 0.328 e. The van der Waals surface area contributed by atoms with Gasteiger partial charge in [-0.15, -0.1) is 0 Å². The minimum atomic E-state index is -1.49. The first kappa shape index (κ1) is 15.8. The van der Waals surface area contributed by atoms with Gasteiger partial charge < -0.3 is 15.5 Å². The summed E-state index contributed by atoms with van der Waals surface area (Å²) in [7, 11) is 1.40. The molecule has 1 aromatic rings. The number of aliphatic hydroxyl groups excluding tert-OH is 1. The molecule has 0 saturated heterocycles. The van der Waals surface area contributed by atoms with Crippen LogP contribution in [-0.4, -0.2) is 44.0 Å². The molecule has 3 N–H and O–H groups in total. The van der Waals surface area contributed by atoms with E-state index in [1.807, 2.05) is 0 Å². The fourth-order valence-electron chi connectivity index (χ4n) is 1.72. The van der Waals surface area contributed by atoms with E-state index >= 15 is 0 Å². The Hall–Kier alpha value is -2.22. The number of amides is 1. The second kappa shape index (κ2) is 5.83. The maximum atomic E-state index is 12.1. The van der Waals surface area contributed by atoms with E-state index in [0.29, 0.717) is 11.3 Å². The summed E-state index contributed by atoms with van der Waals surface area (Å²) in [6.45, 7) is 4.42.